The predicted octanol–water partition coefficient (Wildman–Crippen LogP) is -0.689. The third-order valence-electron chi connectivity index (χ3n) is 4.49. The Morgan fingerprint density at radius 1 is 0.750 bits per heavy atom. The van der Waals surface area contributed by atoms with Gasteiger partial charge in [0.15, 0.2) is 0 Å². The van der Waals surface area contributed by atoms with Gasteiger partial charge in [-0.05, 0) is 31.6 Å². The molecule has 0 amide bonds. The summed E-state index contributed by atoms with van der Waals surface area (Å²) < 4.78 is 0. The van der Waals surface area contributed by atoms with Gasteiger partial charge in [0.05, 0.1) is 11.4 Å². The summed E-state index contributed by atoms with van der Waals surface area (Å²) in [4.78, 5) is 0. The molecule has 4 rings (SSSR count). The summed E-state index contributed by atoms with van der Waals surface area (Å²) in [6.45, 7) is 0. The molecule has 8 heteroatoms. The molecule has 8 N–H and O–H groups in total. The average Bonchev–Trinajstić information content (AvgIpc) is 2.36. The van der Waals surface area contributed by atoms with Crippen LogP contribution in [0.25, 0.3) is 0 Å². The first kappa shape index (κ1) is 12.9. The van der Waals surface area contributed by atoms with Gasteiger partial charge in [-0.25, -0.2) is 0 Å². The maximum atomic E-state index is 5.36. The van der Waals surface area contributed by atoms with E-state index in [-0.39, 0.29) is 17.8 Å². The van der Waals surface area contributed by atoms with Crippen LogP contribution in [0, 0.1) is 23.7 Å². The Labute approximate surface area is 117 Å². The van der Waals surface area contributed by atoms with Crippen molar-refractivity contribution in [2.24, 2.45) is 67.0 Å². The Kier molecular flexibility index (Phi) is 3.07. The molecule has 4 bridgehead atoms. The first-order valence-electron chi connectivity index (χ1n) is 6.87. The minimum Gasteiger partial charge on any atom is -0.369 e. The van der Waals surface area contributed by atoms with Crippen molar-refractivity contribution in [3.8, 4) is 0 Å². The molecule has 2 unspecified atom stereocenters. The summed E-state index contributed by atoms with van der Waals surface area (Å²) in [6.07, 6.45) is 4.46. The lowest BCUT2D eigenvalue weighted by Crippen LogP contribution is -2.51. The lowest BCUT2D eigenvalue weighted by atomic mass is 9.54. The molecule has 0 spiro atoms. The Morgan fingerprint density at radius 3 is 1.70 bits per heavy atom. The van der Waals surface area contributed by atoms with Crippen molar-refractivity contribution in [2.45, 2.75) is 25.7 Å². The SMILES string of the molecule is NC(N)=N/N=C1/C2CC3CC(C2)/C(=N/N=C(N)N)C1C3. The van der Waals surface area contributed by atoms with Gasteiger partial charge in [0, 0.05) is 17.8 Å². The van der Waals surface area contributed by atoms with Crippen molar-refractivity contribution < 1.29 is 0 Å². The smallest absolute Gasteiger partial charge is 0.211 e. The zero-order chi connectivity index (χ0) is 14.3. The molecule has 4 aliphatic rings. The number of nitrogens with zero attached hydrogens (tertiary/aromatic N) is 4. The molecule has 0 aromatic carbocycles. The van der Waals surface area contributed by atoms with Crippen LogP contribution in [0.15, 0.2) is 20.4 Å². The number of hydrogen-bond donors (Lipinski definition) is 4. The van der Waals surface area contributed by atoms with Crippen LogP contribution in [0.4, 0.5) is 0 Å². The van der Waals surface area contributed by atoms with Gasteiger partial charge >= 0.3 is 0 Å². The molecule has 2 atom stereocenters. The maximum absolute atomic E-state index is 5.36. The maximum Gasteiger partial charge on any atom is 0.211 e. The van der Waals surface area contributed by atoms with Gasteiger partial charge in [-0.15, -0.1) is 10.2 Å². The van der Waals surface area contributed by atoms with E-state index >= 15 is 0 Å². The fourth-order valence-electron chi connectivity index (χ4n) is 3.94. The van der Waals surface area contributed by atoms with E-state index in [1.54, 1.807) is 0 Å². The minimum absolute atomic E-state index is 0.0194. The van der Waals surface area contributed by atoms with Gasteiger partial charge in [0.2, 0.25) is 11.9 Å². The van der Waals surface area contributed by atoms with Crippen LogP contribution >= 0.6 is 0 Å². The predicted molar refractivity (Wildman–Crippen MR) is 78.9 cm³/mol. The van der Waals surface area contributed by atoms with Crippen molar-refractivity contribution in [2.75, 3.05) is 0 Å². The van der Waals surface area contributed by atoms with Crippen LogP contribution < -0.4 is 22.9 Å². The van der Waals surface area contributed by atoms with E-state index in [2.05, 4.69) is 20.4 Å². The fraction of sp³-hybridized carbons (Fsp3) is 0.667. The van der Waals surface area contributed by atoms with E-state index in [0.717, 1.165) is 30.2 Å². The molecule has 8 nitrogen and oxygen atoms in total. The van der Waals surface area contributed by atoms with Crippen LogP contribution in [0.2, 0.25) is 0 Å². The molecule has 4 fully saturated rings. The number of nitrogens with two attached hydrogens (primary N) is 4. The van der Waals surface area contributed by atoms with Crippen LogP contribution in [0.5, 0.6) is 0 Å². The quantitative estimate of drug-likeness (QED) is 0.299. The summed E-state index contributed by atoms with van der Waals surface area (Å²) in [5.41, 5.74) is 23.5. The Hall–Kier alpha value is -2.12. The summed E-state index contributed by atoms with van der Waals surface area (Å²) in [5, 5.41) is 16.2. The third kappa shape index (κ3) is 2.21. The van der Waals surface area contributed by atoms with Crippen molar-refractivity contribution in [1.29, 1.82) is 0 Å². The van der Waals surface area contributed by atoms with Crippen molar-refractivity contribution in [1.82, 2.24) is 0 Å². The Bertz CT molecular complexity index is 480. The van der Waals surface area contributed by atoms with Gasteiger partial charge in [-0.1, -0.05) is 0 Å². The molecule has 0 aliphatic heterocycles. The molecule has 108 valence electrons. The molecule has 0 aromatic rings. The van der Waals surface area contributed by atoms with Gasteiger partial charge in [0.1, 0.15) is 0 Å². The third-order valence-corrected chi connectivity index (χ3v) is 4.49. The summed E-state index contributed by atoms with van der Waals surface area (Å²) >= 11 is 0. The van der Waals surface area contributed by atoms with E-state index in [9.17, 15) is 0 Å². The van der Waals surface area contributed by atoms with E-state index in [0.29, 0.717) is 11.8 Å². The molecule has 20 heavy (non-hydrogen) atoms. The zero-order valence-corrected chi connectivity index (χ0v) is 11.2. The largest absolute Gasteiger partial charge is 0.369 e. The van der Waals surface area contributed by atoms with Crippen LogP contribution in [0.3, 0.4) is 0 Å². The molecule has 0 saturated heterocycles. The second kappa shape index (κ2) is 4.77. The Morgan fingerprint density at radius 2 is 1.25 bits per heavy atom. The lowest BCUT2D eigenvalue weighted by Gasteiger charge is -2.50. The minimum atomic E-state index is -0.0194. The second-order valence-corrected chi connectivity index (χ2v) is 5.85. The second-order valence-electron chi connectivity index (χ2n) is 5.85. The average molecular weight is 276 g/mol. The molecule has 4 saturated carbocycles. The van der Waals surface area contributed by atoms with Crippen molar-refractivity contribution >= 4 is 23.3 Å². The van der Waals surface area contributed by atoms with Crippen LogP contribution in [-0.4, -0.2) is 23.3 Å². The van der Waals surface area contributed by atoms with Crippen molar-refractivity contribution in [3.63, 3.8) is 0 Å². The molecule has 0 radical (unpaired) electrons. The Balaban J connectivity index is 1.95. The summed E-state index contributed by atoms with van der Waals surface area (Å²) in [7, 11) is 0. The molecular formula is C12H20N8. The molecule has 0 heterocycles. The molecular weight excluding hydrogens is 256 g/mol. The number of hydrogen-bond acceptors (Lipinski definition) is 4. The number of guanidine groups is 2. The van der Waals surface area contributed by atoms with Crippen LogP contribution in [0.1, 0.15) is 25.7 Å². The monoisotopic (exact) mass is 276 g/mol. The van der Waals surface area contributed by atoms with E-state index in [1.165, 1.54) is 12.8 Å². The van der Waals surface area contributed by atoms with Crippen LogP contribution in [-0.2, 0) is 0 Å². The zero-order valence-electron chi connectivity index (χ0n) is 11.2. The molecule has 0 aromatic heterocycles. The highest BCUT2D eigenvalue weighted by molar-refractivity contribution is 6.12. The van der Waals surface area contributed by atoms with Crippen molar-refractivity contribution in [3.05, 3.63) is 0 Å². The van der Waals surface area contributed by atoms with E-state index in [1.807, 2.05) is 0 Å². The highest BCUT2D eigenvalue weighted by Gasteiger charge is 2.50. The highest BCUT2D eigenvalue weighted by atomic mass is 15.3. The standard InChI is InChI=1S/C12H20N8/c13-11(14)19-17-9-6-1-5-2-7(4-6)10(8(9)3-5)18-20-12(15)16/h5-8H,1-4H2,(H4,13,14,19)(H4,15,16,20)/b17-9-,18-10-. The van der Waals surface area contributed by atoms with Gasteiger partial charge in [-0.3, -0.25) is 0 Å². The van der Waals surface area contributed by atoms with Gasteiger partial charge in [0.25, 0.3) is 0 Å². The normalized spacial score (nSPS) is 38.2. The van der Waals surface area contributed by atoms with E-state index in [4.69, 9.17) is 22.9 Å². The highest BCUT2D eigenvalue weighted by Crippen LogP contribution is 2.51. The first-order chi connectivity index (χ1) is 9.54. The molecule has 4 aliphatic carbocycles. The topological polar surface area (TPSA) is 154 Å². The first-order valence-corrected chi connectivity index (χ1v) is 6.87. The van der Waals surface area contributed by atoms with Gasteiger partial charge < -0.3 is 22.9 Å². The van der Waals surface area contributed by atoms with E-state index < -0.39 is 0 Å². The number of rotatable bonds is 2. The fourth-order valence-corrected chi connectivity index (χ4v) is 3.94. The lowest BCUT2D eigenvalue weighted by molar-refractivity contribution is 0.199. The summed E-state index contributed by atoms with van der Waals surface area (Å²) in [6, 6.07) is 0. The van der Waals surface area contributed by atoms with Gasteiger partial charge in [-0.2, -0.15) is 10.2 Å². The summed E-state index contributed by atoms with van der Waals surface area (Å²) in [5.74, 6) is 1.85.